The molecular weight excluding hydrogens is 256 g/mol. The molecule has 0 radical (unpaired) electrons. The molecule has 1 atom stereocenters. The molecule has 0 aliphatic rings. The van der Waals surface area contributed by atoms with Crippen molar-refractivity contribution < 1.29 is 18.3 Å². The average Bonchev–Trinajstić information content (AvgIpc) is 2.30. The number of benzene rings is 1. The van der Waals surface area contributed by atoms with Gasteiger partial charge in [-0.25, -0.2) is 8.42 Å². The standard InChI is InChI=1S/C11H12N2O4S/c1-8(11(14)15)18(16,17)13-10-4-2-9(3-5-10)6-7-12/h2-5,8,13H,6H2,1H3,(H,14,15). The van der Waals surface area contributed by atoms with Crippen LogP contribution in [0.1, 0.15) is 12.5 Å². The van der Waals surface area contributed by atoms with Gasteiger partial charge in [-0.1, -0.05) is 12.1 Å². The molecule has 96 valence electrons. The van der Waals surface area contributed by atoms with E-state index in [1.54, 1.807) is 12.1 Å². The van der Waals surface area contributed by atoms with Gasteiger partial charge in [0.2, 0.25) is 10.0 Å². The minimum absolute atomic E-state index is 0.235. The van der Waals surface area contributed by atoms with Crippen molar-refractivity contribution in [1.82, 2.24) is 0 Å². The molecule has 7 heteroatoms. The molecule has 18 heavy (non-hydrogen) atoms. The van der Waals surface area contributed by atoms with E-state index in [0.717, 1.165) is 12.5 Å². The number of sulfonamides is 1. The number of carboxylic acids is 1. The van der Waals surface area contributed by atoms with E-state index >= 15 is 0 Å². The molecular formula is C11H12N2O4S. The van der Waals surface area contributed by atoms with Crippen LogP contribution < -0.4 is 4.72 Å². The third-order valence-electron chi connectivity index (χ3n) is 2.31. The highest BCUT2D eigenvalue weighted by atomic mass is 32.2. The molecule has 0 amide bonds. The minimum atomic E-state index is -3.95. The lowest BCUT2D eigenvalue weighted by Crippen LogP contribution is -2.32. The first kappa shape index (κ1) is 14.0. The first-order valence-corrected chi connectivity index (χ1v) is 6.62. The summed E-state index contributed by atoms with van der Waals surface area (Å²) in [7, 11) is -3.95. The fraction of sp³-hybridized carbons (Fsp3) is 0.273. The zero-order valence-corrected chi connectivity index (χ0v) is 10.4. The van der Waals surface area contributed by atoms with Crippen LogP contribution in [0.4, 0.5) is 5.69 Å². The molecule has 0 fully saturated rings. The Morgan fingerprint density at radius 3 is 2.44 bits per heavy atom. The second-order valence-corrected chi connectivity index (χ2v) is 5.66. The van der Waals surface area contributed by atoms with Crippen LogP contribution in [0.2, 0.25) is 0 Å². The van der Waals surface area contributed by atoms with Gasteiger partial charge in [-0.2, -0.15) is 5.26 Å². The summed E-state index contributed by atoms with van der Waals surface area (Å²) in [6.45, 7) is 1.09. The maximum absolute atomic E-state index is 11.6. The van der Waals surface area contributed by atoms with Crippen molar-refractivity contribution in [2.45, 2.75) is 18.6 Å². The Morgan fingerprint density at radius 1 is 1.44 bits per heavy atom. The van der Waals surface area contributed by atoms with Gasteiger partial charge in [0.1, 0.15) is 0 Å². The number of nitriles is 1. The number of aliphatic carboxylic acids is 1. The topological polar surface area (TPSA) is 107 Å². The summed E-state index contributed by atoms with van der Waals surface area (Å²) in [4.78, 5) is 10.6. The zero-order valence-electron chi connectivity index (χ0n) is 9.62. The molecule has 0 spiro atoms. The lowest BCUT2D eigenvalue weighted by atomic mass is 10.1. The Bertz CT molecular complexity index is 572. The van der Waals surface area contributed by atoms with E-state index in [-0.39, 0.29) is 12.1 Å². The average molecular weight is 268 g/mol. The predicted octanol–water partition coefficient (Wildman–Crippen LogP) is 0.967. The van der Waals surface area contributed by atoms with Crippen molar-refractivity contribution in [2.24, 2.45) is 0 Å². The summed E-state index contributed by atoms with van der Waals surface area (Å²) < 4.78 is 25.4. The van der Waals surface area contributed by atoms with E-state index in [1.807, 2.05) is 6.07 Å². The Kier molecular flexibility index (Phi) is 4.28. The molecule has 0 saturated heterocycles. The van der Waals surface area contributed by atoms with Crippen LogP contribution in [0.3, 0.4) is 0 Å². The molecule has 1 aromatic rings. The van der Waals surface area contributed by atoms with Gasteiger partial charge < -0.3 is 5.11 Å². The largest absolute Gasteiger partial charge is 0.480 e. The first-order valence-electron chi connectivity index (χ1n) is 5.07. The number of hydrogen-bond donors (Lipinski definition) is 2. The molecule has 6 nitrogen and oxygen atoms in total. The van der Waals surface area contributed by atoms with E-state index in [4.69, 9.17) is 10.4 Å². The Morgan fingerprint density at radius 2 is 2.00 bits per heavy atom. The number of nitrogens with zero attached hydrogens (tertiary/aromatic N) is 1. The van der Waals surface area contributed by atoms with Gasteiger partial charge in [0, 0.05) is 5.69 Å². The van der Waals surface area contributed by atoms with Crippen LogP contribution >= 0.6 is 0 Å². The summed E-state index contributed by atoms with van der Waals surface area (Å²) in [5.41, 5.74) is 1.02. The molecule has 2 N–H and O–H groups in total. The summed E-state index contributed by atoms with van der Waals surface area (Å²) in [5.74, 6) is -1.41. The van der Waals surface area contributed by atoms with Crippen LogP contribution in [0.5, 0.6) is 0 Å². The van der Waals surface area contributed by atoms with Crippen molar-refractivity contribution in [1.29, 1.82) is 5.26 Å². The highest BCUT2D eigenvalue weighted by molar-refractivity contribution is 7.94. The quantitative estimate of drug-likeness (QED) is 0.827. The minimum Gasteiger partial charge on any atom is -0.480 e. The lowest BCUT2D eigenvalue weighted by molar-refractivity contribution is -0.136. The Hall–Kier alpha value is -2.07. The van der Waals surface area contributed by atoms with Crippen molar-refractivity contribution >= 4 is 21.7 Å². The van der Waals surface area contributed by atoms with Crippen molar-refractivity contribution in [3.05, 3.63) is 29.8 Å². The summed E-state index contributed by atoms with van der Waals surface area (Å²) in [5, 5.41) is 15.6. The van der Waals surface area contributed by atoms with Gasteiger partial charge in [-0.3, -0.25) is 9.52 Å². The highest BCUT2D eigenvalue weighted by Crippen LogP contribution is 2.13. The van der Waals surface area contributed by atoms with Gasteiger partial charge in [-0.15, -0.1) is 0 Å². The maximum atomic E-state index is 11.6. The van der Waals surface area contributed by atoms with Gasteiger partial charge in [-0.05, 0) is 24.6 Å². The van der Waals surface area contributed by atoms with Crippen molar-refractivity contribution in [3.63, 3.8) is 0 Å². The van der Waals surface area contributed by atoms with Crippen molar-refractivity contribution in [3.8, 4) is 6.07 Å². The monoisotopic (exact) mass is 268 g/mol. The van der Waals surface area contributed by atoms with Crippen LogP contribution in [0, 0.1) is 11.3 Å². The summed E-state index contributed by atoms with van der Waals surface area (Å²) in [6, 6.07) is 8.15. The SMILES string of the molecule is CC(C(=O)O)S(=O)(=O)Nc1ccc(CC#N)cc1. The predicted molar refractivity (Wildman–Crippen MR) is 65.4 cm³/mol. The summed E-state index contributed by atoms with van der Waals surface area (Å²) in [6.07, 6.45) is 0.235. The molecule has 0 aliphatic carbocycles. The van der Waals surface area contributed by atoms with E-state index in [1.165, 1.54) is 12.1 Å². The number of hydrogen-bond acceptors (Lipinski definition) is 4. The Balaban J connectivity index is 2.85. The second kappa shape index (κ2) is 5.51. The molecule has 0 bridgehead atoms. The van der Waals surface area contributed by atoms with Gasteiger partial charge in [0.05, 0.1) is 12.5 Å². The van der Waals surface area contributed by atoms with E-state index < -0.39 is 21.2 Å². The summed E-state index contributed by atoms with van der Waals surface area (Å²) >= 11 is 0. The van der Waals surface area contributed by atoms with Gasteiger partial charge >= 0.3 is 5.97 Å². The van der Waals surface area contributed by atoms with E-state index in [9.17, 15) is 13.2 Å². The molecule has 1 aromatic carbocycles. The molecule has 1 unspecified atom stereocenters. The highest BCUT2D eigenvalue weighted by Gasteiger charge is 2.27. The molecule has 0 saturated carbocycles. The smallest absolute Gasteiger partial charge is 0.323 e. The maximum Gasteiger partial charge on any atom is 0.323 e. The lowest BCUT2D eigenvalue weighted by Gasteiger charge is -2.11. The number of rotatable bonds is 5. The molecule has 0 aromatic heterocycles. The zero-order chi connectivity index (χ0) is 13.8. The third kappa shape index (κ3) is 3.46. The van der Waals surface area contributed by atoms with Gasteiger partial charge in [0.25, 0.3) is 0 Å². The van der Waals surface area contributed by atoms with Crippen LogP contribution in [-0.4, -0.2) is 24.7 Å². The molecule has 0 heterocycles. The second-order valence-electron chi connectivity index (χ2n) is 3.66. The van der Waals surface area contributed by atoms with Crippen LogP contribution in [0.15, 0.2) is 24.3 Å². The Labute approximate surface area is 105 Å². The number of carbonyl (C=O) groups is 1. The number of nitrogens with one attached hydrogen (secondary N) is 1. The van der Waals surface area contributed by atoms with Gasteiger partial charge in [0.15, 0.2) is 5.25 Å². The fourth-order valence-corrected chi connectivity index (χ4v) is 2.07. The van der Waals surface area contributed by atoms with Crippen molar-refractivity contribution in [2.75, 3.05) is 4.72 Å². The normalized spacial score (nSPS) is 12.4. The van der Waals surface area contributed by atoms with E-state index in [2.05, 4.69) is 4.72 Å². The molecule has 1 rings (SSSR count). The van der Waals surface area contributed by atoms with Crippen LogP contribution in [0.25, 0.3) is 0 Å². The molecule has 0 aliphatic heterocycles. The third-order valence-corrected chi connectivity index (χ3v) is 3.96. The number of carboxylic acid groups (broad SMARTS) is 1. The fourth-order valence-electron chi connectivity index (χ4n) is 1.17. The van der Waals surface area contributed by atoms with Crippen LogP contribution in [-0.2, 0) is 21.2 Å². The van der Waals surface area contributed by atoms with E-state index in [0.29, 0.717) is 0 Å². The number of anilines is 1. The first-order chi connectivity index (χ1) is 8.36.